The van der Waals surface area contributed by atoms with Gasteiger partial charge in [-0.2, -0.15) is 0 Å². The molecule has 31 heavy (non-hydrogen) atoms. The van der Waals surface area contributed by atoms with E-state index in [1.54, 1.807) is 0 Å². The first-order chi connectivity index (χ1) is 14.2. The number of rotatable bonds is 19. The number of aliphatic hydroxyl groups is 2. The fraction of sp³-hybridized carbons (Fsp3) is 0.875. The molecule has 2 N–H and O–H groups in total. The maximum atomic E-state index is 12.1. The molecule has 0 aromatic heterocycles. The summed E-state index contributed by atoms with van der Waals surface area (Å²) in [6.45, 7) is 4.41. The molecule has 0 aromatic carbocycles. The second-order valence-corrected chi connectivity index (χ2v) is 8.58. The summed E-state index contributed by atoms with van der Waals surface area (Å²) in [5.41, 5.74) is -2.36. The predicted molar refractivity (Wildman–Crippen MR) is 127 cm³/mol. The Morgan fingerprint density at radius 1 is 0.774 bits per heavy atom. The van der Waals surface area contributed by atoms with Gasteiger partial charge in [-0.1, -0.05) is 96.8 Å². The van der Waals surface area contributed by atoms with Crippen molar-refractivity contribution in [3.8, 4) is 0 Å². The van der Waals surface area contributed by atoms with Crippen molar-refractivity contribution in [3.05, 3.63) is 0 Å². The standard InChI is InChI=1S/C24H44O6.Ca.2H/c1-4-5-6-7-8-9-10-11-12-13-14-15-16-17-18-19-21(26)24(3,29)23(28)30-22(27)20(2)25;;;/h20,25,29H,4-19H2,1-3H3;;;. The van der Waals surface area contributed by atoms with Crippen molar-refractivity contribution < 1.29 is 29.3 Å². The third-order valence-electron chi connectivity index (χ3n) is 5.48. The number of Topliss-reactive ketones (excluding diaryl/α,β-unsaturated/α-hetero) is 1. The molecule has 180 valence electrons. The number of ether oxygens (including phenoxy) is 1. The predicted octanol–water partition coefficient (Wildman–Crippen LogP) is 4.10. The van der Waals surface area contributed by atoms with Crippen molar-refractivity contribution in [2.75, 3.05) is 0 Å². The van der Waals surface area contributed by atoms with Crippen LogP contribution in [0.15, 0.2) is 0 Å². The van der Waals surface area contributed by atoms with Gasteiger partial charge in [-0.25, -0.2) is 9.59 Å². The van der Waals surface area contributed by atoms with E-state index < -0.39 is 29.4 Å². The fourth-order valence-corrected chi connectivity index (χ4v) is 3.29. The summed E-state index contributed by atoms with van der Waals surface area (Å²) in [5, 5.41) is 19.1. The summed E-state index contributed by atoms with van der Waals surface area (Å²) in [6.07, 6.45) is 16.8. The fourth-order valence-electron chi connectivity index (χ4n) is 3.29. The summed E-state index contributed by atoms with van der Waals surface area (Å²) in [6, 6.07) is 0. The molecule has 7 heteroatoms. The Labute approximate surface area is 218 Å². The van der Waals surface area contributed by atoms with E-state index in [1.807, 2.05) is 0 Å². The zero-order valence-corrected chi connectivity index (χ0v) is 19.4. The van der Waals surface area contributed by atoms with E-state index >= 15 is 0 Å². The zero-order chi connectivity index (χ0) is 22.8. The van der Waals surface area contributed by atoms with Crippen LogP contribution in [0.4, 0.5) is 0 Å². The van der Waals surface area contributed by atoms with Crippen LogP contribution in [0.1, 0.15) is 124 Å². The normalized spacial score (nSPS) is 13.7. The van der Waals surface area contributed by atoms with Crippen molar-refractivity contribution in [1.29, 1.82) is 0 Å². The van der Waals surface area contributed by atoms with Gasteiger partial charge in [0.05, 0.1) is 0 Å². The first-order valence-corrected chi connectivity index (χ1v) is 11.9. The molecule has 0 radical (unpaired) electrons. The van der Waals surface area contributed by atoms with Crippen molar-refractivity contribution in [2.45, 2.75) is 135 Å². The minimum absolute atomic E-state index is 0. The number of carbonyl (C=O) groups is 3. The van der Waals surface area contributed by atoms with Crippen LogP contribution in [0.2, 0.25) is 0 Å². The maximum absolute atomic E-state index is 12.1. The van der Waals surface area contributed by atoms with Crippen LogP contribution in [0, 0.1) is 0 Å². The first kappa shape index (κ1) is 33.2. The van der Waals surface area contributed by atoms with Gasteiger partial charge in [-0.05, 0) is 20.3 Å². The van der Waals surface area contributed by atoms with Gasteiger partial charge in [0.15, 0.2) is 5.78 Å². The molecule has 2 atom stereocenters. The second-order valence-electron chi connectivity index (χ2n) is 8.58. The van der Waals surface area contributed by atoms with Crippen molar-refractivity contribution in [1.82, 2.24) is 0 Å². The Morgan fingerprint density at radius 2 is 1.13 bits per heavy atom. The third kappa shape index (κ3) is 17.2. The molecule has 0 aromatic rings. The zero-order valence-electron chi connectivity index (χ0n) is 19.4. The van der Waals surface area contributed by atoms with Gasteiger partial charge in [-0.3, -0.25) is 4.79 Å². The molecule has 0 aliphatic rings. The molecule has 0 rings (SSSR count). The number of carbonyl (C=O) groups excluding carboxylic acids is 3. The SMILES string of the molecule is CCCCCCCCCCCCCCCCCC(=O)C(C)(O)C(=O)OC(=O)C(C)O.[CaH2]. The monoisotopic (exact) mass is 470 g/mol. The Balaban J connectivity index is 0. The third-order valence-corrected chi connectivity index (χ3v) is 5.48. The summed E-state index contributed by atoms with van der Waals surface area (Å²) in [7, 11) is 0. The van der Waals surface area contributed by atoms with Gasteiger partial charge in [0.25, 0.3) is 0 Å². The quantitative estimate of drug-likeness (QED) is 0.128. The van der Waals surface area contributed by atoms with E-state index in [1.165, 1.54) is 70.6 Å². The van der Waals surface area contributed by atoms with Gasteiger partial charge in [-0.15, -0.1) is 0 Å². The van der Waals surface area contributed by atoms with Gasteiger partial charge in [0.2, 0.25) is 5.60 Å². The number of hydrogen-bond acceptors (Lipinski definition) is 6. The molecule has 0 fully saturated rings. The molecule has 0 spiro atoms. The van der Waals surface area contributed by atoms with Gasteiger partial charge in [0.1, 0.15) is 6.10 Å². The van der Waals surface area contributed by atoms with E-state index in [9.17, 15) is 19.5 Å². The van der Waals surface area contributed by atoms with E-state index in [2.05, 4.69) is 11.7 Å². The van der Waals surface area contributed by atoms with Crippen LogP contribution in [-0.4, -0.2) is 77.4 Å². The molecule has 0 heterocycles. The molecule has 0 aliphatic carbocycles. The average molecular weight is 471 g/mol. The molecular weight excluding hydrogens is 424 g/mol. The number of hydrogen-bond donors (Lipinski definition) is 2. The Morgan fingerprint density at radius 3 is 1.48 bits per heavy atom. The van der Waals surface area contributed by atoms with Crippen LogP contribution in [0.5, 0.6) is 0 Å². The molecule has 0 bridgehead atoms. The molecule has 0 saturated heterocycles. The summed E-state index contributed by atoms with van der Waals surface area (Å²) >= 11 is 0. The van der Waals surface area contributed by atoms with Gasteiger partial charge < -0.3 is 14.9 Å². The molecule has 2 unspecified atom stereocenters. The topological polar surface area (TPSA) is 101 Å². The van der Waals surface area contributed by atoms with Crippen LogP contribution in [0.25, 0.3) is 0 Å². The Kier molecular flexibility index (Phi) is 22.0. The summed E-state index contributed by atoms with van der Waals surface area (Å²) in [5.74, 6) is -3.18. The van der Waals surface area contributed by atoms with Gasteiger partial charge in [0, 0.05) is 6.42 Å². The first-order valence-electron chi connectivity index (χ1n) is 11.9. The van der Waals surface area contributed by atoms with E-state index in [4.69, 9.17) is 5.11 Å². The van der Waals surface area contributed by atoms with Crippen LogP contribution in [0.3, 0.4) is 0 Å². The second kappa shape index (κ2) is 20.6. The van der Waals surface area contributed by atoms with Crippen molar-refractivity contribution in [3.63, 3.8) is 0 Å². The van der Waals surface area contributed by atoms with Crippen molar-refractivity contribution in [2.24, 2.45) is 0 Å². The number of esters is 2. The summed E-state index contributed by atoms with van der Waals surface area (Å²) < 4.78 is 4.33. The minimum atomic E-state index is -2.36. The molecule has 6 nitrogen and oxygen atoms in total. The average Bonchev–Trinajstić information content (AvgIpc) is 2.70. The van der Waals surface area contributed by atoms with Crippen LogP contribution < -0.4 is 0 Å². The van der Waals surface area contributed by atoms with Crippen LogP contribution >= 0.6 is 0 Å². The number of aliphatic hydroxyl groups excluding tert-OH is 1. The van der Waals surface area contributed by atoms with E-state index in [0.717, 1.165) is 33.1 Å². The Hall–Kier alpha value is -0.0103. The van der Waals surface area contributed by atoms with E-state index in [-0.39, 0.29) is 44.2 Å². The number of ketones is 1. The molecule has 0 amide bonds. The van der Waals surface area contributed by atoms with E-state index in [0.29, 0.717) is 6.42 Å². The summed E-state index contributed by atoms with van der Waals surface area (Å²) in [4.78, 5) is 35.0. The van der Waals surface area contributed by atoms with Gasteiger partial charge >= 0.3 is 49.7 Å². The Bertz CT molecular complexity index is 490. The molecular formula is C24H46CaO6. The molecule has 0 saturated carbocycles. The van der Waals surface area contributed by atoms with Crippen LogP contribution in [-0.2, 0) is 19.1 Å². The van der Waals surface area contributed by atoms with Crippen molar-refractivity contribution >= 4 is 55.5 Å². The number of unbranched alkanes of at least 4 members (excludes halogenated alkanes) is 14. The molecule has 0 aliphatic heterocycles.